The molecule has 0 amide bonds. The van der Waals surface area contributed by atoms with E-state index in [0.717, 1.165) is 0 Å². The third kappa shape index (κ3) is 1.69. The minimum absolute atomic E-state index is 0.0912. The minimum Gasteiger partial charge on any atom is -0.503 e. The van der Waals surface area contributed by atoms with E-state index in [2.05, 4.69) is 11.8 Å². The van der Waals surface area contributed by atoms with Gasteiger partial charge in [0.15, 0.2) is 17.8 Å². The van der Waals surface area contributed by atoms with Crippen molar-refractivity contribution in [2.24, 2.45) is 0 Å². The fourth-order valence-electron chi connectivity index (χ4n) is 1.11. The van der Waals surface area contributed by atoms with Gasteiger partial charge in [0.1, 0.15) is 0 Å². The highest BCUT2D eigenvalue weighted by atomic mass is 16.5. The second-order valence-corrected chi connectivity index (χ2v) is 2.57. The van der Waals surface area contributed by atoms with Gasteiger partial charge >= 0.3 is 0 Å². The summed E-state index contributed by atoms with van der Waals surface area (Å²) in [5, 5.41) is 9.65. The molecule has 1 aromatic rings. The molecule has 0 radical (unpaired) electrons. The van der Waals surface area contributed by atoms with Gasteiger partial charge in [-0.25, -0.2) is 0 Å². The van der Waals surface area contributed by atoms with E-state index in [0.29, 0.717) is 23.2 Å². The summed E-state index contributed by atoms with van der Waals surface area (Å²) in [6, 6.07) is 3.09. The van der Waals surface area contributed by atoms with Gasteiger partial charge in [-0.15, -0.1) is 5.92 Å². The molecule has 0 atom stereocenters. The molecule has 0 aliphatic carbocycles. The summed E-state index contributed by atoms with van der Waals surface area (Å²) in [5.74, 6) is 5.51. The highest BCUT2D eigenvalue weighted by molar-refractivity contribution is 5.82. The molecular weight excluding hydrogens is 180 g/mol. The Morgan fingerprint density at radius 2 is 2.21 bits per heavy atom. The standard InChI is InChI=1S/C11H10O3/c1-3-4-9-8(7-12)5-6-10(14-2)11(9)13/h5-7,13H,1-2H3. The smallest absolute Gasteiger partial charge is 0.174 e. The molecule has 1 aromatic carbocycles. The maximum absolute atomic E-state index is 10.6. The first-order valence-corrected chi connectivity index (χ1v) is 4.02. The van der Waals surface area contributed by atoms with Crippen molar-refractivity contribution in [3.8, 4) is 23.3 Å². The fourth-order valence-corrected chi connectivity index (χ4v) is 1.11. The van der Waals surface area contributed by atoms with Crippen molar-refractivity contribution in [2.75, 3.05) is 7.11 Å². The number of benzene rings is 1. The van der Waals surface area contributed by atoms with Crippen LogP contribution in [0.4, 0.5) is 0 Å². The molecule has 0 aliphatic rings. The van der Waals surface area contributed by atoms with Gasteiger partial charge in [-0.3, -0.25) is 4.79 Å². The van der Waals surface area contributed by atoms with Crippen LogP contribution < -0.4 is 4.74 Å². The molecule has 3 nitrogen and oxygen atoms in total. The van der Waals surface area contributed by atoms with Gasteiger partial charge in [0.25, 0.3) is 0 Å². The van der Waals surface area contributed by atoms with Crippen LogP contribution >= 0.6 is 0 Å². The van der Waals surface area contributed by atoms with Gasteiger partial charge in [-0.05, 0) is 19.1 Å². The van der Waals surface area contributed by atoms with Gasteiger partial charge in [0, 0.05) is 5.56 Å². The third-order valence-corrected chi connectivity index (χ3v) is 1.77. The zero-order valence-corrected chi connectivity index (χ0v) is 8.00. The quantitative estimate of drug-likeness (QED) is 0.569. The number of carbonyl (C=O) groups is 1. The average Bonchev–Trinajstić information content (AvgIpc) is 2.21. The molecule has 0 saturated heterocycles. The number of rotatable bonds is 2. The number of carbonyl (C=O) groups excluding carboxylic acids is 1. The lowest BCUT2D eigenvalue weighted by Crippen LogP contribution is -1.92. The molecule has 1 rings (SSSR count). The van der Waals surface area contributed by atoms with Crippen molar-refractivity contribution in [2.45, 2.75) is 6.92 Å². The summed E-state index contributed by atoms with van der Waals surface area (Å²) < 4.78 is 4.90. The van der Waals surface area contributed by atoms with Crippen LogP contribution in [0, 0.1) is 11.8 Å². The number of phenols is 1. The summed E-state index contributed by atoms with van der Waals surface area (Å²) in [7, 11) is 1.44. The largest absolute Gasteiger partial charge is 0.503 e. The van der Waals surface area contributed by atoms with Crippen LogP contribution in [0.15, 0.2) is 12.1 Å². The number of methoxy groups -OCH3 is 1. The molecule has 0 bridgehead atoms. The highest BCUT2D eigenvalue weighted by Crippen LogP contribution is 2.30. The number of phenolic OH excluding ortho intramolecular Hbond substituents is 1. The number of aromatic hydroxyl groups is 1. The van der Waals surface area contributed by atoms with Crippen molar-refractivity contribution in [3.05, 3.63) is 23.3 Å². The van der Waals surface area contributed by atoms with E-state index in [-0.39, 0.29) is 5.75 Å². The van der Waals surface area contributed by atoms with E-state index in [1.807, 2.05) is 0 Å². The lowest BCUT2D eigenvalue weighted by molar-refractivity contribution is 0.112. The van der Waals surface area contributed by atoms with E-state index < -0.39 is 0 Å². The van der Waals surface area contributed by atoms with Crippen LogP contribution in [0.5, 0.6) is 11.5 Å². The lowest BCUT2D eigenvalue weighted by Gasteiger charge is -2.06. The molecule has 72 valence electrons. The molecule has 14 heavy (non-hydrogen) atoms. The molecule has 0 aliphatic heterocycles. The minimum atomic E-state index is -0.0912. The van der Waals surface area contributed by atoms with Crippen LogP contribution in [0.2, 0.25) is 0 Å². The molecular formula is C11H10O3. The first kappa shape index (κ1) is 10.1. The predicted octanol–water partition coefficient (Wildman–Crippen LogP) is 1.58. The number of ether oxygens (including phenoxy) is 1. The Morgan fingerprint density at radius 3 is 2.71 bits per heavy atom. The second kappa shape index (κ2) is 4.33. The second-order valence-electron chi connectivity index (χ2n) is 2.57. The maximum atomic E-state index is 10.6. The van der Waals surface area contributed by atoms with Crippen LogP contribution in [-0.2, 0) is 0 Å². The number of hydrogen-bond donors (Lipinski definition) is 1. The molecule has 0 aromatic heterocycles. The zero-order valence-electron chi connectivity index (χ0n) is 8.00. The van der Waals surface area contributed by atoms with E-state index in [1.54, 1.807) is 13.0 Å². The molecule has 1 N–H and O–H groups in total. The summed E-state index contributed by atoms with van der Waals surface area (Å²) in [6.07, 6.45) is 0.652. The van der Waals surface area contributed by atoms with E-state index in [4.69, 9.17) is 4.74 Å². The molecule has 0 spiro atoms. The van der Waals surface area contributed by atoms with Crippen LogP contribution in [0.25, 0.3) is 0 Å². The first-order chi connectivity index (χ1) is 6.74. The summed E-state index contributed by atoms with van der Waals surface area (Å²) in [4.78, 5) is 10.6. The molecule has 0 saturated carbocycles. The van der Waals surface area contributed by atoms with E-state index in [1.165, 1.54) is 13.2 Å². The summed E-state index contributed by atoms with van der Waals surface area (Å²) >= 11 is 0. The predicted molar refractivity (Wildman–Crippen MR) is 52.6 cm³/mol. The monoisotopic (exact) mass is 190 g/mol. The van der Waals surface area contributed by atoms with Gasteiger partial charge in [-0.1, -0.05) is 5.92 Å². The van der Waals surface area contributed by atoms with Crippen molar-refractivity contribution < 1.29 is 14.6 Å². The molecule has 0 unspecified atom stereocenters. The maximum Gasteiger partial charge on any atom is 0.174 e. The Morgan fingerprint density at radius 1 is 1.50 bits per heavy atom. The molecule has 3 heteroatoms. The lowest BCUT2D eigenvalue weighted by atomic mass is 10.1. The van der Waals surface area contributed by atoms with Crippen molar-refractivity contribution >= 4 is 6.29 Å². The zero-order chi connectivity index (χ0) is 10.6. The van der Waals surface area contributed by atoms with Crippen molar-refractivity contribution in [3.63, 3.8) is 0 Å². The van der Waals surface area contributed by atoms with E-state index >= 15 is 0 Å². The Bertz CT molecular complexity index is 411. The molecule has 0 fully saturated rings. The topological polar surface area (TPSA) is 46.5 Å². The average molecular weight is 190 g/mol. The molecule has 0 heterocycles. The first-order valence-electron chi connectivity index (χ1n) is 4.02. The van der Waals surface area contributed by atoms with Gasteiger partial charge in [-0.2, -0.15) is 0 Å². The van der Waals surface area contributed by atoms with Gasteiger partial charge < -0.3 is 9.84 Å². The van der Waals surface area contributed by atoms with Crippen molar-refractivity contribution in [1.82, 2.24) is 0 Å². The van der Waals surface area contributed by atoms with Crippen LogP contribution in [-0.4, -0.2) is 18.5 Å². The fraction of sp³-hybridized carbons (Fsp3) is 0.182. The van der Waals surface area contributed by atoms with Crippen LogP contribution in [0.1, 0.15) is 22.8 Å². The Labute approximate surface area is 82.3 Å². The Balaban J connectivity index is 3.43. The number of aldehydes is 1. The number of hydrogen-bond acceptors (Lipinski definition) is 3. The van der Waals surface area contributed by atoms with Gasteiger partial charge in [0.05, 0.1) is 12.7 Å². The Kier molecular flexibility index (Phi) is 3.14. The normalized spacial score (nSPS) is 8.71. The summed E-state index contributed by atoms with van der Waals surface area (Å²) in [5.41, 5.74) is 0.666. The van der Waals surface area contributed by atoms with Crippen molar-refractivity contribution in [1.29, 1.82) is 0 Å². The SMILES string of the molecule is CC#Cc1c(C=O)ccc(OC)c1O. The van der Waals surface area contributed by atoms with E-state index in [9.17, 15) is 9.90 Å². The Hall–Kier alpha value is -1.95. The van der Waals surface area contributed by atoms with Gasteiger partial charge in [0.2, 0.25) is 0 Å². The third-order valence-electron chi connectivity index (χ3n) is 1.77. The van der Waals surface area contributed by atoms with Crippen LogP contribution in [0.3, 0.4) is 0 Å². The highest BCUT2D eigenvalue weighted by Gasteiger charge is 2.10. The summed E-state index contributed by atoms with van der Waals surface area (Å²) in [6.45, 7) is 1.63.